The number of nitrogens with zero attached hydrogens (tertiary/aromatic N) is 3. The molecule has 0 fully saturated rings. The molecule has 0 aliphatic heterocycles. The Labute approximate surface area is 114 Å². The van der Waals surface area contributed by atoms with Crippen LogP contribution < -0.4 is 5.32 Å². The zero-order valence-corrected chi connectivity index (χ0v) is 11.7. The number of carbonyl (C=O) groups is 1. The molecule has 5 nitrogen and oxygen atoms in total. The van der Waals surface area contributed by atoms with Crippen LogP contribution >= 0.6 is 34.8 Å². The summed E-state index contributed by atoms with van der Waals surface area (Å²) in [6.07, 6.45) is 1.98. The fourth-order valence-electron chi connectivity index (χ4n) is 1.09. The van der Waals surface area contributed by atoms with E-state index in [9.17, 15) is 4.79 Å². The largest absolute Gasteiger partial charge is 0.331 e. The van der Waals surface area contributed by atoms with Crippen LogP contribution in [0.5, 0.6) is 0 Å². The van der Waals surface area contributed by atoms with E-state index in [4.69, 9.17) is 34.8 Å². The van der Waals surface area contributed by atoms with Crippen LogP contribution in [0.15, 0.2) is 12.7 Å². The third-order valence-corrected chi connectivity index (χ3v) is 3.46. The van der Waals surface area contributed by atoms with Gasteiger partial charge in [-0.3, -0.25) is 4.79 Å². The van der Waals surface area contributed by atoms with Crippen molar-refractivity contribution in [1.29, 1.82) is 0 Å². The summed E-state index contributed by atoms with van der Waals surface area (Å²) in [5, 5.41) is 6.59. The first-order chi connectivity index (χ1) is 7.88. The van der Waals surface area contributed by atoms with Gasteiger partial charge in [0.25, 0.3) is 0 Å². The van der Waals surface area contributed by atoms with E-state index in [1.165, 1.54) is 17.3 Å². The van der Waals surface area contributed by atoms with Crippen molar-refractivity contribution in [2.24, 2.45) is 5.92 Å². The SMILES string of the molecule is CC(C)C(=O)NC(n1cncn1)C(Cl)(Cl)CCl. The maximum atomic E-state index is 11.7. The first kappa shape index (κ1) is 14.5. The van der Waals surface area contributed by atoms with E-state index in [-0.39, 0.29) is 17.7 Å². The summed E-state index contributed by atoms with van der Waals surface area (Å²) in [6, 6.07) is 0. The van der Waals surface area contributed by atoms with Gasteiger partial charge in [0.05, 0.1) is 5.88 Å². The van der Waals surface area contributed by atoms with Crippen LogP contribution in [0.3, 0.4) is 0 Å². The molecule has 0 radical (unpaired) electrons. The standard InChI is InChI=1S/C9H13Cl3N4O/c1-6(2)7(17)15-8(9(11,12)3-10)16-5-13-4-14-16/h4-6,8H,3H2,1-2H3,(H,15,17). The Hall–Kier alpha value is -0.520. The van der Waals surface area contributed by atoms with Gasteiger partial charge in [-0.05, 0) is 0 Å². The van der Waals surface area contributed by atoms with Gasteiger partial charge >= 0.3 is 0 Å². The molecule has 1 amide bonds. The number of amides is 1. The van der Waals surface area contributed by atoms with Gasteiger partial charge in [0.1, 0.15) is 12.7 Å². The molecule has 1 atom stereocenters. The number of nitrogens with one attached hydrogen (secondary N) is 1. The predicted octanol–water partition coefficient (Wildman–Crippen LogP) is 1.96. The molecule has 0 spiro atoms. The third kappa shape index (κ3) is 3.72. The number of carbonyl (C=O) groups excluding carboxylic acids is 1. The molecule has 1 rings (SSSR count). The van der Waals surface area contributed by atoms with Gasteiger partial charge in [-0.1, -0.05) is 37.0 Å². The first-order valence-electron chi connectivity index (χ1n) is 4.96. The summed E-state index contributed by atoms with van der Waals surface area (Å²) in [5.41, 5.74) is 0. The van der Waals surface area contributed by atoms with Gasteiger partial charge in [-0.2, -0.15) is 5.10 Å². The van der Waals surface area contributed by atoms with Gasteiger partial charge in [0.2, 0.25) is 5.91 Å². The van der Waals surface area contributed by atoms with Crippen molar-refractivity contribution in [3.05, 3.63) is 12.7 Å². The molecule has 0 aliphatic carbocycles. The lowest BCUT2D eigenvalue weighted by Gasteiger charge is -2.29. The Morgan fingerprint density at radius 2 is 2.18 bits per heavy atom. The number of rotatable bonds is 5. The van der Waals surface area contributed by atoms with E-state index in [1.54, 1.807) is 13.8 Å². The number of alkyl halides is 3. The Morgan fingerprint density at radius 3 is 2.59 bits per heavy atom. The van der Waals surface area contributed by atoms with E-state index >= 15 is 0 Å². The second-order valence-electron chi connectivity index (χ2n) is 3.84. The van der Waals surface area contributed by atoms with Crippen molar-refractivity contribution in [2.75, 3.05) is 5.88 Å². The highest BCUT2D eigenvalue weighted by molar-refractivity contribution is 6.51. The average Bonchev–Trinajstić information content (AvgIpc) is 2.78. The number of hydrogen-bond donors (Lipinski definition) is 1. The molecule has 8 heteroatoms. The lowest BCUT2D eigenvalue weighted by Crippen LogP contribution is -2.45. The minimum absolute atomic E-state index is 0.0565. The molecule has 96 valence electrons. The quantitative estimate of drug-likeness (QED) is 0.846. The van der Waals surface area contributed by atoms with Crippen LogP contribution in [0, 0.1) is 5.92 Å². The van der Waals surface area contributed by atoms with Crippen LogP contribution in [-0.4, -0.2) is 30.9 Å². The number of halogens is 3. The molecule has 1 N–H and O–H groups in total. The van der Waals surface area contributed by atoms with Gasteiger partial charge in [-0.15, -0.1) is 11.6 Å². The lowest BCUT2D eigenvalue weighted by atomic mass is 10.2. The molecule has 0 saturated carbocycles. The smallest absolute Gasteiger partial charge is 0.224 e. The van der Waals surface area contributed by atoms with Crippen molar-refractivity contribution >= 4 is 40.7 Å². The lowest BCUT2D eigenvalue weighted by molar-refractivity contribution is -0.125. The molecule has 1 aromatic heterocycles. The average molecular weight is 300 g/mol. The molecular weight excluding hydrogens is 286 g/mol. The van der Waals surface area contributed by atoms with Gasteiger partial charge in [0.15, 0.2) is 10.5 Å². The Kier molecular flexibility index (Phi) is 5.04. The second-order valence-corrected chi connectivity index (χ2v) is 5.65. The summed E-state index contributed by atoms with van der Waals surface area (Å²) in [5.74, 6) is -0.444. The molecule has 1 heterocycles. The third-order valence-electron chi connectivity index (χ3n) is 2.08. The van der Waals surface area contributed by atoms with Crippen LogP contribution in [0.4, 0.5) is 0 Å². The molecular formula is C9H13Cl3N4O. The van der Waals surface area contributed by atoms with E-state index in [0.717, 1.165) is 0 Å². The highest BCUT2D eigenvalue weighted by atomic mass is 35.5. The van der Waals surface area contributed by atoms with Crippen molar-refractivity contribution in [2.45, 2.75) is 24.3 Å². The molecule has 1 aromatic rings. The van der Waals surface area contributed by atoms with Crippen molar-refractivity contribution in [3.63, 3.8) is 0 Å². The van der Waals surface area contributed by atoms with Crippen molar-refractivity contribution in [3.8, 4) is 0 Å². The maximum absolute atomic E-state index is 11.7. The van der Waals surface area contributed by atoms with Gasteiger partial charge in [-0.25, -0.2) is 9.67 Å². The molecule has 0 aromatic carbocycles. The molecule has 0 aliphatic rings. The summed E-state index contributed by atoms with van der Waals surface area (Å²) in [4.78, 5) is 15.5. The Balaban J connectivity index is 2.92. The normalized spacial score (nSPS) is 13.8. The number of hydrogen-bond acceptors (Lipinski definition) is 3. The second kappa shape index (κ2) is 5.89. The maximum Gasteiger partial charge on any atom is 0.224 e. The summed E-state index contributed by atoms with van der Waals surface area (Å²) in [7, 11) is 0. The topological polar surface area (TPSA) is 59.8 Å². The monoisotopic (exact) mass is 298 g/mol. The van der Waals surface area contributed by atoms with Crippen molar-refractivity contribution < 1.29 is 4.79 Å². The van der Waals surface area contributed by atoms with E-state index in [2.05, 4.69) is 15.4 Å². The van der Waals surface area contributed by atoms with Crippen LogP contribution in [0.25, 0.3) is 0 Å². The van der Waals surface area contributed by atoms with E-state index in [0.29, 0.717) is 0 Å². The zero-order chi connectivity index (χ0) is 13.1. The fourth-order valence-corrected chi connectivity index (χ4v) is 1.55. The van der Waals surface area contributed by atoms with Gasteiger partial charge < -0.3 is 5.32 Å². The zero-order valence-electron chi connectivity index (χ0n) is 9.40. The summed E-state index contributed by atoms with van der Waals surface area (Å²) in [6.45, 7) is 3.52. The minimum atomic E-state index is -1.36. The molecule has 0 bridgehead atoms. The van der Waals surface area contributed by atoms with Crippen LogP contribution in [0.1, 0.15) is 20.0 Å². The molecule has 1 unspecified atom stereocenters. The van der Waals surface area contributed by atoms with Crippen LogP contribution in [0.2, 0.25) is 0 Å². The number of aromatic nitrogens is 3. The summed E-state index contributed by atoms with van der Waals surface area (Å²) >= 11 is 17.8. The Morgan fingerprint density at radius 1 is 1.53 bits per heavy atom. The highest BCUT2D eigenvalue weighted by Gasteiger charge is 2.37. The minimum Gasteiger partial charge on any atom is -0.331 e. The van der Waals surface area contributed by atoms with Gasteiger partial charge in [0, 0.05) is 5.92 Å². The van der Waals surface area contributed by atoms with Crippen molar-refractivity contribution in [1.82, 2.24) is 20.1 Å². The fraction of sp³-hybridized carbons (Fsp3) is 0.667. The molecule has 17 heavy (non-hydrogen) atoms. The Bertz CT molecular complexity index is 366. The van der Waals surface area contributed by atoms with E-state index < -0.39 is 10.5 Å². The molecule has 0 saturated heterocycles. The van der Waals surface area contributed by atoms with E-state index in [1.807, 2.05) is 0 Å². The van der Waals surface area contributed by atoms with Crippen LogP contribution in [-0.2, 0) is 4.79 Å². The highest BCUT2D eigenvalue weighted by Crippen LogP contribution is 2.33. The first-order valence-corrected chi connectivity index (χ1v) is 6.26. The summed E-state index contributed by atoms with van der Waals surface area (Å²) < 4.78 is 0.00245. The predicted molar refractivity (Wildman–Crippen MR) is 67.2 cm³/mol.